The first-order valence-corrected chi connectivity index (χ1v) is 10.2. The van der Waals surface area contributed by atoms with Gasteiger partial charge in [0.1, 0.15) is 0 Å². The van der Waals surface area contributed by atoms with E-state index < -0.39 is 17.2 Å². The minimum Gasteiger partial charge on any atom is -0.301 e. The molecule has 2 heterocycles. The van der Waals surface area contributed by atoms with Crippen LogP contribution in [0.25, 0.3) is 16.6 Å². The molecule has 0 saturated heterocycles. The van der Waals surface area contributed by atoms with Gasteiger partial charge in [-0.2, -0.15) is 0 Å². The summed E-state index contributed by atoms with van der Waals surface area (Å²) in [6.07, 6.45) is 1.57. The van der Waals surface area contributed by atoms with Gasteiger partial charge in [0.15, 0.2) is 21.9 Å². The molecule has 0 radical (unpaired) electrons. The van der Waals surface area contributed by atoms with Crippen molar-refractivity contribution in [3.63, 3.8) is 0 Å². The number of carbonyl (C=O) groups excluding carboxylic acids is 1. The number of halogens is 2. The number of carbonyl (C=O) groups is 1. The van der Waals surface area contributed by atoms with Crippen molar-refractivity contribution in [2.24, 2.45) is 0 Å². The monoisotopic (exact) mass is 430 g/mol. The molecule has 29 heavy (non-hydrogen) atoms. The van der Waals surface area contributed by atoms with Gasteiger partial charge in [-0.1, -0.05) is 23.9 Å². The van der Waals surface area contributed by atoms with E-state index in [0.29, 0.717) is 16.0 Å². The zero-order valence-corrected chi connectivity index (χ0v) is 16.3. The molecule has 2 aromatic carbocycles. The van der Waals surface area contributed by atoms with Gasteiger partial charge in [0.05, 0.1) is 22.3 Å². The van der Waals surface area contributed by atoms with Crippen LogP contribution in [-0.4, -0.2) is 26.2 Å². The lowest BCUT2D eigenvalue weighted by atomic mass is 10.2. The number of hydrogen-bond donors (Lipinski definition) is 1. The molecule has 0 fully saturated rings. The average molecular weight is 430 g/mol. The summed E-state index contributed by atoms with van der Waals surface area (Å²) in [5, 5.41) is 5.35. The largest absolute Gasteiger partial charge is 0.301 e. The SMILES string of the molecule is O=C(CSc1nc2ccccc2c(=O)n1-c1ccc(F)c(F)c1)Nc1nccs1. The van der Waals surface area contributed by atoms with E-state index >= 15 is 0 Å². The molecule has 6 nitrogen and oxygen atoms in total. The molecule has 4 rings (SSSR count). The number of amides is 1. The molecular weight excluding hydrogens is 418 g/mol. The Labute approximate surface area is 171 Å². The molecule has 0 atom stereocenters. The minimum atomic E-state index is -1.08. The molecular formula is C19H12F2N4O2S2. The molecule has 4 aromatic rings. The Balaban J connectivity index is 1.74. The van der Waals surface area contributed by atoms with E-state index in [1.54, 1.807) is 35.8 Å². The highest BCUT2D eigenvalue weighted by molar-refractivity contribution is 7.99. The van der Waals surface area contributed by atoms with Gasteiger partial charge in [-0.3, -0.25) is 14.2 Å². The van der Waals surface area contributed by atoms with Gasteiger partial charge in [-0.05, 0) is 24.3 Å². The quantitative estimate of drug-likeness (QED) is 0.384. The van der Waals surface area contributed by atoms with Gasteiger partial charge < -0.3 is 5.32 Å². The first-order valence-electron chi connectivity index (χ1n) is 8.32. The highest BCUT2D eigenvalue weighted by Gasteiger charge is 2.16. The number of para-hydroxylation sites is 1. The number of fused-ring (bicyclic) bond motifs is 1. The molecule has 0 bridgehead atoms. The maximum absolute atomic E-state index is 13.8. The summed E-state index contributed by atoms with van der Waals surface area (Å²) < 4.78 is 28.3. The zero-order valence-electron chi connectivity index (χ0n) is 14.6. The molecule has 0 unspecified atom stereocenters. The Kier molecular flexibility index (Phi) is 5.36. The van der Waals surface area contributed by atoms with Gasteiger partial charge in [-0.25, -0.2) is 18.7 Å². The second-order valence-electron chi connectivity index (χ2n) is 5.82. The lowest BCUT2D eigenvalue weighted by Gasteiger charge is -2.13. The van der Waals surface area contributed by atoms with Crippen LogP contribution in [-0.2, 0) is 4.79 Å². The lowest BCUT2D eigenvalue weighted by molar-refractivity contribution is -0.113. The highest BCUT2D eigenvalue weighted by atomic mass is 32.2. The molecule has 146 valence electrons. The molecule has 0 aliphatic rings. The van der Waals surface area contributed by atoms with Gasteiger partial charge in [0, 0.05) is 17.6 Å². The van der Waals surface area contributed by atoms with Crippen LogP contribution in [0.15, 0.2) is 64.0 Å². The van der Waals surface area contributed by atoms with Crippen molar-refractivity contribution < 1.29 is 13.6 Å². The Morgan fingerprint density at radius 2 is 2.00 bits per heavy atom. The van der Waals surface area contributed by atoms with E-state index in [4.69, 9.17) is 0 Å². The summed E-state index contributed by atoms with van der Waals surface area (Å²) in [6, 6.07) is 9.85. The van der Waals surface area contributed by atoms with Gasteiger partial charge in [0.2, 0.25) is 5.91 Å². The van der Waals surface area contributed by atoms with Crippen molar-refractivity contribution in [2.75, 3.05) is 11.1 Å². The Morgan fingerprint density at radius 3 is 2.76 bits per heavy atom. The number of benzene rings is 2. The lowest BCUT2D eigenvalue weighted by Crippen LogP contribution is -2.23. The summed E-state index contributed by atoms with van der Waals surface area (Å²) in [7, 11) is 0. The van der Waals surface area contributed by atoms with Crippen molar-refractivity contribution in [1.82, 2.24) is 14.5 Å². The molecule has 10 heteroatoms. The summed E-state index contributed by atoms with van der Waals surface area (Å²) in [5.41, 5.74) is 0.124. The van der Waals surface area contributed by atoms with Crippen LogP contribution in [0.5, 0.6) is 0 Å². The van der Waals surface area contributed by atoms with Crippen molar-refractivity contribution >= 4 is 45.0 Å². The number of thiazole rings is 1. The fourth-order valence-corrected chi connectivity index (χ4v) is 3.99. The fourth-order valence-electron chi connectivity index (χ4n) is 2.63. The fraction of sp³-hybridized carbons (Fsp3) is 0.0526. The van der Waals surface area contributed by atoms with Crippen molar-refractivity contribution in [3.05, 3.63) is 76.0 Å². The highest BCUT2D eigenvalue weighted by Crippen LogP contribution is 2.23. The van der Waals surface area contributed by atoms with E-state index in [1.165, 1.54) is 22.0 Å². The number of nitrogens with zero attached hydrogens (tertiary/aromatic N) is 3. The molecule has 1 amide bonds. The van der Waals surface area contributed by atoms with Crippen LogP contribution in [0.2, 0.25) is 0 Å². The zero-order chi connectivity index (χ0) is 20.4. The third-order valence-electron chi connectivity index (χ3n) is 3.92. The van der Waals surface area contributed by atoms with Gasteiger partial charge >= 0.3 is 0 Å². The van der Waals surface area contributed by atoms with Crippen LogP contribution >= 0.6 is 23.1 Å². The predicted molar refractivity (Wildman–Crippen MR) is 109 cm³/mol. The standard InChI is InChI=1S/C19H12F2N4O2S2/c20-13-6-5-11(9-14(13)21)25-17(27)12-3-1-2-4-15(12)23-19(25)29-10-16(26)24-18-22-7-8-28-18/h1-9H,10H2,(H,22,24,26). The van der Waals surface area contributed by atoms with Crippen LogP contribution in [0, 0.1) is 11.6 Å². The van der Waals surface area contributed by atoms with E-state index in [9.17, 15) is 18.4 Å². The summed E-state index contributed by atoms with van der Waals surface area (Å²) >= 11 is 2.29. The van der Waals surface area contributed by atoms with E-state index in [1.807, 2.05) is 0 Å². The summed E-state index contributed by atoms with van der Waals surface area (Å²) in [5.74, 6) is -2.48. The van der Waals surface area contributed by atoms with Crippen LogP contribution in [0.3, 0.4) is 0 Å². The predicted octanol–water partition coefficient (Wildman–Crippen LogP) is 3.85. The van der Waals surface area contributed by atoms with Crippen LogP contribution in [0.1, 0.15) is 0 Å². The van der Waals surface area contributed by atoms with Crippen LogP contribution in [0.4, 0.5) is 13.9 Å². The first kappa shape index (κ1) is 19.2. The third kappa shape index (κ3) is 4.03. The number of aromatic nitrogens is 3. The second-order valence-corrected chi connectivity index (χ2v) is 7.66. The van der Waals surface area contributed by atoms with Crippen LogP contribution < -0.4 is 10.9 Å². The van der Waals surface area contributed by atoms with Gasteiger partial charge in [0.25, 0.3) is 5.56 Å². The molecule has 0 aliphatic carbocycles. The number of rotatable bonds is 5. The van der Waals surface area contributed by atoms with Crippen molar-refractivity contribution in [2.45, 2.75) is 5.16 Å². The average Bonchev–Trinajstić information content (AvgIpc) is 3.22. The Bertz CT molecular complexity index is 1260. The Morgan fingerprint density at radius 1 is 1.17 bits per heavy atom. The van der Waals surface area contributed by atoms with E-state index in [2.05, 4.69) is 15.3 Å². The Hall–Kier alpha value is -3.11. The maximum Gasteiger partial charge on any atom is 0.266 e. The number of anilines is 1. The molecule has 2 aromatic heterocycles. The second kappa shape index (κ2) is 8.10. The molecule has 0 saturated carbocycles. The first-order chi connectivity index (χ1) is 14.0. The minimum absolute atomic E-state index is 0.0476. The number of nitrogens with one attached hydrogen (secondary N) is 1. The summed E-state index contributed by atoms with van der Waals surface area (Å²) in [4.78, 5) is 33.6. The van der Waals surface area contributed by atoms with Gasteiger partial charge in [-0.15, -0.1) is 11.3 Å². The smallest absolute Gasteiger partial charge is 0.266 e. The molecule has 1 N–H and O–H groups in total. The topological polar surface area (TPSA) is 76.9 Å². The number of thioether (sulfide) groups is 1. The van der Waals surface area contributed by atoms with Crippen molar-refractivity contribution in [1.29, 1.82) is 0 Å². The van der Waals surface area contributed by atoms with E-state index in [-0.39, 0.29) is 22.5 Å². The summed E-state index contributed by atoms with van der Waals surface area (Å²) in [6.45, 7) is 0. The molecule has 0 aliphatic heterocycles. The number of hydrogen-bond acceptors (Lipinski definition) is 6. The normalized spacial score (nSPS) is 11.0. The van der Waals surface area contributed by atoms with E-state index in [0.717, 1.165) is 23.9 Å². The third-order valence-corrected chi connectivity index (χ3v) is 5.54. The molecule has 0 spiro atoms. The van der Waals surface area contributed by atoms with Crippen molar-refractivity contribution in [3.8, 4) is 5.69 Å². The maximum atomic E-state index is 13.8.